The molecule has 0 spiro atoms. The molecule has 0 unspecified atom stereocenters. The highest BCUT2D eigenvalue weighted by Crippen LogP contribution is 2.27. The minimum absolute atomic E-state index is 0.00773. The highest BCUT2D eigenvalue weighted by atomic mass is 35.5. The van der Waals surface area contributed by atoms with Gasteiger partial charge in [-0.25, -0.2) is 13.2 Å². The van der Waals surface area contributed by atoms with Crippen molar-refractivity contribution in [1.82, 2.24) is 0 Å². The molecule has 34 heavy (non-hydrogen) atoms. The number of carbonyl (C=O) groups is 2. The van der Waals surface area contributed by atoms with Gasteiger partial charge in [0, 0.05) is 17.3 Å². The van der Waals surface area contributed by atoms with Crippen LogP contribution in [0.4, 0.5) is 11.4 Å². The molecule has 0 aliphatic carbocycles. The molecule has 3 rings (SSSR count). The number of aryl methyl sites for hydroxylation is 1. The van der Waals surface area contributed by atoms with Crippen molar-refractivity contribution in [2.75, 3.05) is 22.8 Å². The molecule has 1 amide bonds. The molecule has 0 heterocycles. The van der Waals surface area contributed by atoms with E-state index in [2.05, 4.69) is 5.32 Å². The first-order valence-corrected chi connectivity index (χ1v) is 12.4. The van der Waals surface area contributed by atoms with Crippen LogP contribution in [0.3, 0.4) is 0 Å². The summed E-state index contributed by atoms with van der Waals surface area (Å²) in [7, 11) is -3.94. The fourth-order valence-corrected chi connectivity index (χ4v) is 5.25. The van der Waals surface area contributed by atoms with Crippen molar-refractivity contribution in [3.8, 4) is 0 Å². The SMILES string of the molecule is CCN(c1ccccc1)S(=O)(=O)c1cc(C(=O)OCC(=O)Nc2cccc(Cl)c2C)ccc1C. The molecule has 9 heteroatoms. The lowest BCUT2D eigenvalue weighted by Crippen LogP contribution is -2.31. The highest BCUT2D eigenvalue weighted by molar-refractivity contribution is 7.92. The largest absolute Gasteiger partial charge is 0.452 e. The van der Waals surface area contributed by atoms with Gasteiger partial charge in [-0.05, 0) is 68.3 Å². The summed E-state index contributed by atoms with van der Waals surface area (Å²) in [5.41, 5.74) is 2.24. The van der Waals surface area contributed by atoms with Gasteiger partial charge in [0.2, 0.25) is 0 Å². The van der Waals surface area contributed by atoms with Gasteiger partial charge in [-0.2, -0.15) is 0 Å². The maximum absolute atomic E-state index is 13.4. The lowest BCUT2D eigenvalue weighted by Gasteiger charge is -2.24. The van der Waals surface area contributed by atoms with Crippen molar-refractivity contribution in [2.45, 2.75) is 25.7 Å². The van der Waals surface area contributed by atoms with Gasteiger partial charge in [-0.3, -0.25) is 9.10 Å². The summed E-state index contributed by atoms with van der Waals surface area (Å²) in [4.78, 5) is 24.8. The van der Waals surface area contributed by atoms with Crippen molar-refractivity contribution in [1.29, 1.82) is 0 Å². The molecular formula is C25H25ClN2O5S. The topological polar surface area (TPSA) is 92.8 Å². The Bertz CT molecular complexity index is 1310. The fraction of sp³-hybridized carbons (Fsp3) is 0.200. The molecule has 0 atom stereocenters. The predicted molar refractivity (Wildman–Crippen MR) is 133 cm³/mol. The standard InChI is InChI=1S/C25H25ClN2O5S/c1-4-28(20-9-6-5-7-10-20)34(31,32)23-15-19(14-13-17(23)2)25(30)33-16-24(29)27-22-12-8-11-21(26)18(22)3/h5-15H,4,16H2,1-3H3,(H,27,29). The van der Waals surface area contributed by atoms with E-state index in [9.17, 15) is 18.0 Å². The minimum Gasteiger partial charge on any atom is -0.452 e. The molecule has 0 aliphatic rings. The second kappa shape index (κ2) is 10.7. The number of carbonyl (C=O) groups excluding carboxylic acids is 2. The van der Waals surface area contributed by atoms with E-state index in [0.717, 1.165) is 0 Å². The van der Waals surface area contributed by atoms with E-state index < -0.39 is 28.5 Å². The smallest absolute Gasteiger partial charge is 0.338 e. The Kier molecular flexibility index (Phi) is 7.96. The Balaban J connectivity index is 1.76. The summed E-state index contributed by atoms with van der Waals surface area (Å²) in [6.07, 6.45) is 0. The molecule has 1 N–H and O–H groups in total. The number of para-hydroxylation sites is 1. The molecule has 0 radical (unpaired) electrons. The van der Waals surface area contributed by atoms with Crippen LogP contribution in [0, 0.1) is 13.8 Å². The predicted octanol–water partition coefficient (Wildman–Crippen LogP) is 4.97. The van der Waals surface area contributed by atoms with Crippen molar-refractivity contribution in [3.05, 3.63) is 88.4 Å². The molecule has 0 aromatic heterocycles. The third-order valence-electron chi connectivity index (χ3n) is 5.20. The van der Waals surface area contributed by atoms with E-state index in [1.54, 1.807) is 69.3 Å². The zero-order valence-electron chi connectivity index (χ0n) is 19.0. The Morgan fingerprint density at radius 2 is 1.71 bits per heavy atom. The Morgan fingerprint density at radius 1 is 1.00 bits per heavy atom. The zero-order chi connectivity index (χ0) is 24.9. The highest BCUT2D eigenvalue weighted by Gasteiger charge is 2.26. The fourth-order valence-electron chi connectivity index (χ4n) is 3.35. The van der Waals surface area contributed by atoms with Gasteiger partial charge in [-0.1, -0.05) is 41.9 Å². The second-order valence-electron chi connectivity index (χ2n) is 7.52. The summed E-state index contributed by atoms with van der Waals surface area (Å²) in [6, 6.07) is 18.1. The average Bonchev–Trinajstić information content (AvgIpc) is 2.81. The second-order valence-corrected chi connectivity index (χ2v) is 9.76. The number of benzene rings is 3. The van der Waals surface area contributed by atoms with Crippen molar-refractivity contribution in [2.24, 2.45) is 0 Å². The minimum atomic E-state index is -3.94. The van der Waals surface area contributed by atoms with Gasteiger partial charge < -0.3 is 10.1 Å². The van der Waals surface area contributed by atoms with E-state index in [4.69, 9.17) is 16.3 Å². The van der Waals surface area contributed by atoms with E-state index in [0.29, 0.717) is 27.5 Å². The zero-order valence-corrected chi connectivity index (χ0v) is 20.6. The number of halogens is 1. The molecular weight excluding hydrogens is 476 g/mol. The first kappa shape index (κ1) is 25.3. The van der Waals surface area contributed by atoms with E-state index in [1.165, 1.54) is 22.5 Å². The summed E-state index contributed by atoms with van der Waals surface area (Å²) in [6.45, 7) is 4.82. The Hall–Kier alpha value is -3.36. The number of hydrogen-bond acceptors (Lipinski definition) is 5. The number of hydrogen-bond donors (Lipinski definition) is 1. The molecule has 3 aromatic rings. The average molecular weight is 501 g/mol. The quantitative estimate of drug-likeness (QED) is 0.441. The molecule has 7 nitrogen and oxygen atoms in total. The summed E-state index contributed by atoms with van der Waals surface area (Å²) in [5.74, 6) is -1.35. The van der Waals surface area contributed by atoms with Gasteiger partial charge in [0.05, 0.1) is 16.1 Å². The van der Waals surface area contributed by atoms with Gasteiger partial charge in [0.15, 0.2) is 6.61 Å². The molecule has 0 bridgehead atoms. The van der Waals surface area contributed by atoms with Crippen LogP contribution in [-0.2, 0) is 19.6 Å². The van der Waals surface area contributed by atoms with Crippen molar-refractivity contribution < 1.29 is 22.7 Å². The summed E-state index contributed by atoms with van der Waals surface area (Å²) < 4.78 is 33.2. The van der Waals surface area contributed by atoms with Crippen LogP contribution in [0.2, 0.25) is 5.02 Å². The number of ether oxygens (including phenoxy) is 1. The maximum Gasteiger partial charge on any atom is 0.338 e. The number of nitrogens with one attached hydrogen (secondary N) is 1. The van der Waals surface area contributed by atoms with Gasteiger partial charge in [0.1, 0.15) is 0 Å². The van der Waals surface area contributed by atoms with Crippen LogP contribution in [0.25, 0.3) is 0 Å². The Morgan fingerprint density at radius 3 is 2.38 bits per heavy atom. The van der Waals surface area contributed by atoms with Crippen LogP contribution in [-0.4, -0.2) is 33.4 Å². The van der Waals surface area contributed by atoms with Gasteiger partial charge in [0.25, 0.3) is 15.9 Å². The van der Waals surface area contributed by atoms with Crippen LogP contribution in [0.1, 0.15) is 28.4 Å². The molecule has 0 aliphatic heterocycles. The Labute approximate surface area is 204 Å². The van der Waals surface area contributed by atoms with Gasteiger partial charge >= 0.3 is 5.97 Å². The van der Waals surface area contributed by atoms with Crippen LogP contribution in [0.5, 0.6) is 0 Å². The third-order valence-corrected chi connectivity index (χ3v) is 7.65. The third kappa shape index (κ3) is 5.58. The number of nitrogens with zero attached hydrogens (tertiary/aromatic N) is 1. The molecule has 0 fully saturated rings. The lowest BCUT2D eigenvalue weighted by atomic mass is 10.1. The molecule has 3 aromatic carbocycles. The number of rotatable bonds is 8. The van der Waals surface area contributed by atoms with Gasteiger partial charge in [-0.15, -0.1) is 0 Å². The molecule has 0 saturated heterocycles. The number of anilines is 2. The van der Waals surface area contributed by atoms with E-state index in [-0.39, 0.29) is 17.0 Å². The molecule has 0 saturated carbocycles. The monoisotopic (exact) mass is 500 g/mol. The van der Waals surface area contributed by atoms with Crippen LogP contribution < -0.4 is 9.62 Å². The maximum atomic E-state index is 13.4. The van der Waals surface area contributed by atoms with Crippen LogP contribution >= 0.6 is 11.6 Å². The van der Waals surface area contributed by atoms with E-state index in [1.807, 2.05) is 0 Å². The van der Waals surface area contributed by atoms with E-state index >= 15 is 0 Å². The number of amides is 1. The van der Waals surface area contributed by atoms with Crippen LogP contribution in [0.15, 0.2) is 71.6 Å². The molecule has 178 valence electrons. The first-order valence-electron chi connectivity index (χ1n) is 10.6. The summed E-state index contributed by atoms with van der Waals surface area (Å²) >= 11 is 6.05. The first-order chi connectivity index (χ1) is 16.1. The lowest BCUT2D eigenvalue weighted by molar-refractivity contribution is -0.119. The van der Waals surface area contributed by atoms with Crippen molar-refractivity contribution in [3.63, 3.8) is 0 Å². The number of esters is 1. The summed E-state index contributed by atoms with van der Waals surface area (Å²) in [5, 5.41) is 3.14. The number of sulfonamides is 1. The normalized spacial score (nSPS) is 11.1. The van der Waals surface area contributed by atoms with Crippen molar-refractivity contribution >= 4 is 44.9 Å².